The lowest BCUT2D eigenvalue weighted by atomic mass is 9.68. The fourth-order valence-corrected chi connectivity index (χ4v) is 4.83. The van der Waals surface area contributed by atoms with Gasteiger partial charge in [-0.25, -0.2) is 0 Å². The largest absolute Gasteiger partial charge is 0.371 e. The lowest BCUT2D eigenvalue weighted by Gasteiger charge is -2.45. The Balaban J connectivity index is 1.66. The van der Waals surface area contributed by atoms with E-state index in [1.165, 1.54) is 73.8 Å². The van der Waals surface area contributed by atoms with Crippen molar-refractivity contribution in [2.45, 2.75) is 51.4 Å². The Bertz CT molecular complexity index is 470. The summed E-state index contributed by atoms with van der Waals surface area (Å²) in [7, 11) is 0. The second-order valence-corrected chi connectivity index (χ2v) is 7.73. The molecule has 0 radical (unpaired) electrons. The summed E-state index contributed by atoms with van der Waals surface area (Å²) < 4.78 is 1.23. The van der Waals surface area contributed by atoms with Gasteiger partial charge in [0.15, 0.2) is 0 Å². The van der Waals surface area contributed by atoms with Crippen LogP contribution < -0.4 is 10.6 Å². The highest BCUT2D eigenvalue weighted by Gasteiger charge is 2.35. The van der Waals surface area contributed by atoms with Crippen LogP contribution >= 0.6 is 15.9 Å². The molecular weight excluding hydrogens is 324 g/mol. The van der Waals surface area contributed by atoms with Crippen LogP contribution in [0.5, 0.6) is 0 Å². The number of hydrogen-bond acceptors (Lipinski definition) is 2. The summed E-state index contributed by atoms with van der Waals surface area (Å²) in [5.41, 5.74) is 9.02. The molecule has 3 rings (SSSR count). The molecule has 21 heavy (non-hydrogen) atoms. The summed E-state index contributed by atoms with van der Waals surface area (Å²) in [6.07, 6.45) is 11.0. The molecule has 1 saturated heterocycles. The van der Waals surface area contributed by atoms with Crippen molar-refractivity contribution >= 4 is 21.6 Å². The third-order valence-corrected chi connectivity index (χ3v) is 6.16. The van der Waals surface area contributed by atoms with Gasteiger partial charge in [-0.3, -0.25) is 0 Å². The van der Waals surface area contributed by atoms with Gasteiger partial charge in [0.1, 0.15) is 0 Å². The fraction of sp³-hybridized carbons (Fsp3) is 0.667. The molecule has 0 bridgehead atoms. The summed E-state index contributed by atoms with van der Waals surface area (Å²) in [6, 6.07) is 6.75. The Morgan fingerprint density at radius 1 is 1.05 bits per heavy atom. The van der Waals surface area contributed by atoms with E-state index in [2.05, 4.69) is 39.0 Å². The van der Waals surface area contributed by atoms with Crippen molar-refractivity contribution in [2.24, 2.45) is 11.1 Å². The SMILES string of the molecule is NCCc1ccc(N2CCC3(CCCCC3)CC2)c(Br)c1. The highest BCUT2D eigenvalue weighted by molar-refractivity contribution is 9.10. The van der Waals surface area contributed by atoms with Gasteiger partial charge in [-0.2, -0.15) is 0 Å². The predicted molar refractivity (Wildman–Crippen MR) is 93.9 cm³/mol. The van der Waals surface area contributed by atoms with Crippen molar-refractivity contribution in [2.75, 3.05) is 24.5 Å². The van der Waals surface area contributed by atoms with Crippen LogP contribution in [0.25, 0.3) is 0 Å². The van der Waals surface area contributed by atoms with E-state index in [0.717, 1.165) is 13.0 Å². The summed E-state index contributed by atoms with van der Waals surface area (Å²) in [5.74, 6) is 0. The number of halogens is 1. The van der Waals surface area contributed by atoms with Crippen molar-refractivity contribution in [1.29, 1.82) is 0 Å². The first-order valence-corrected chi connectivity index (χ1v) is 9.25. The molecule has 3 heteroatoms. The Kier molecular flexibility index (Phi) is 4.90. The number of piperidine rings is 1. The molecule has 1 heterocycles. The number of nitrogens with zero attached hydrogens (tertiary/aromatic N) is 1. The summed E-state index contributed by atoms with van der Waals surface area (Å²) in [4.78, 5) is 2.57. The third kappa shape index (κ3) is 3.45. The van der Waals surface area contributed by atoms with Gasteiger partial charge in [-0.15, -0.1) is 0 Å². The molecule has 0 amide bonds. The minimum Gasteiger partial charge on any atom is -0.371 e. The van der Waals surface area contributed by atoms with Gasteiger partial charge in [-0.1, -0.05) is 25.3 Å². The normalized spacial score (nSPS) is 21.7. The van der Waals surface area contributed by atoms with Crippen LogP contribution in [0.4, 0.5) is 5.69 Å². The van der Waals surface area contributed by atoms with Crippen molar-refractivity contribution in [3.05, 3.63) is 28.2 Å². The molecule has 1 aliphatic heterocycles. The maximum absolute atomic E-state index is 5.64. The van der Waals surface area contributed by atoms with E-state index >= 15 is 0 Å². The maximum Gasteiger partial charge on any atom is 0.0510 e. The zero-order valence-electron chi connectivity index (χ0n) is 12.9. The van der Waals surface area contributed by atoms with E-state index in [0.29, 0.717) is 5.41 Å². The molecule has 2 N–H and O–H groups in total. The molecule has 0 unspecified atom stereocenters. The molecule has 2 aliphatic rings. The highest BCUT2D eigenvalue weighted by Crippen LogP contribution is 2.45. The average molecular weight is 351 g/mol. The standard InChI is InChI=1S/C18H27BrN2/c19-16-14-15(6-11-20)4-5-17(16)21-12-9-18(10-13-21)7-2-1-3-8-18/h4-5,14H,1-3,6-13,20H2. The van der Waals surface area contributed by atoms with Crippen LogP contribution in [0.3, 0.4) is 0 Å². The van der Waals surface area contributed by atoms with E-state index in [-0.39, 0.29) is 0 Å². The quantitative estimate of drug-likeness (QED) is 0.869. The third-order valence-electron chi connectivity index (χ3n) is 5.52. The molecule has 1 saturated carbocycles. The lowest BCUT2D eigenvalue weighted by molar-refractivity contribution is 0.144. The number of benzene rings is 1. The topological polar surface area (TPSA) is 29.3 Å². The molecule has 1 aliphatic carbocycles. The Labute approximate surface area is 137 Å². The average Bonchev–Trinajstić information content (AvgIpc) is 2.50. The monoisotopic (exact) mass is 350 g/mol. The molecule has 1 aromatic rings. The van der Waals surface area contributed by atoms with Crippen LogP contribution in [-0.4, -0.2) is 19.6 Å². The molecule has 2 nitrogen and oxygen atoms in total. The van der Waals surface area contributed by atoms with Gasteiger partial charge in [0, 0.05) is 17.6 Å². The number of hydrogen-bond donors (Lipinski definition) is 1. The van der Waals surface area contributed by atoms with E-state index in [4.69, 9.17) is 5.73 Å². The van der Waals surface area contributed by atoms with E-state index in [1.54, 1.807) is 0 Å². The zero-order chi connectivity index (χ0) is 14.7. The molecular formula is C18H27BrN2. The summed E-state index contributed by atoms with van der Waals surface area (Å²) in [6.45, 7) is 3.15. The highest BCUT2D eigenvalue weighted by atomic mass is 79.9. The maximum atomic E-state index is 5.64. The van der Waals surface area contributed by atoms with E-state index in [9.17, 15) is 0 Å². The Hall–Kier alpha value is -0.540. The van der Waals surface area contributed by atoms with E-state index < -0.39 is 0 Å². The lowest BCUT2D eigenvalue weighted by Crippen LogP contribution is -2.41. The minimum absolute atomic E-state index is 0.681. The van der Waals surface area contributed by atoms with Gasteiger partial charge >= 0.3 is 0 Å². The zero-order valence-corrected chi connectivity index (χ0v) is 14.5. The minimum atomic E-state index is 0.681. The van der Waals surface area contributed by atoms with Gasteiger partial charge in [-0.05, 0) is 77.7 Å². The number of anilines is 1. The van der Waals surface area contributed by atoms with Gasteiger partial charge < -0.3 is 10.6 Å². The number of rotatable bonds is 3. The summed E-state index contributed by atoms with van der Waals surface area (Å²) >= 11 is 3.76. The first-order chi connectivity index (χ1) is 10.2. The molecule has 0 atom stereocenters. The van der Waals surface area contributed by atoms with Crippen LogP contribution in [0.2, 0.25) is 0 Å². The predicted octanol–water partition coefficient (Wildman–Crippen LogP) is 4.50. The van der Waals surface area contributed by atoms with E-state index in [1.807, 2.05) is 0 Å². The van der Waals surface area contributed by atoms with Crippen molar-refractivity contribution in [3.63, 3.8) is 0 Å². The number of nitrogens with two attached hydrogens (primary N) is 1. The molecule has 2 fully saturated rings. The smallest absolute Gasteiger partial charge is 0.0510 e. The Morgan fingerprint density at radius 3 is 2.38 bits per heavy atom. The molecule has 116 valence electrons. The van der Waals surface area contributed by atoms with Gasteiger partial charge in [0.2, 0.25) is 0 Å². The molecule has 1 spiro atoms. The second-order valence-electron chi connectivity index (χ2n) is 6.87. The van der Waals surface area contributed by atoms with Gasteiger partial charge in [0.25, 0.3) is 0 Å². The first-order valence-electron chi connectivity index (χ1n) is 8.46. The second kappa shape index (κ2) is 6.70. The van der Waals surface area contributed by atoms with Crippen molar-refractivity contribution in [3.8, 4) is 0 Å². The first kappa shape index (κ1) is 15.4. The molecule has 0 aromatic heterocycles. The van der Waals surface area contributed by atoms with Crippen molar-refractivity contribution < 1.29 is 0 Å². The van der Waals surface area contributed by atoms with Crippen LogP contribution in [-0.2, 0) is 6.42 Å². The fourth-order valence-electron chi connectivity index (χ4n) is 4.15. The van der Waals surface area contributed by atoms with Crippen LogP contribution in [0.1, 0.15) is 50.5 Å². The van der Waals surface area contributed by atoms with Crippen LogP contribution in [0.15, 0.2) is 22.7 Å². The summed E-state index contributed by atoms with van der Waals surface area (Å²) in [5, 5.41) is 0. The Morgan fingerprint density at radius 2 is 1.76 bits per heavy atom. The van der Waals surface area contributed by atoms with Crippen LogP contribution in [0, 0.1) is 5.41 Å². The van der Waals surface area contributed by atoms with Crippen molar-refractivity contribution in [1.82, 2.24) is 0 Å². The molecule has 1 aromatic carbocycles. The van der Waals surface area contributed by atoms with Gasteiger partial charge in [0.05, 0.1) is 5.69 Å².